The minimum atomic E-state index is -0.443. The van der Waals surface area contributed by atoms with E-state index in [1.807, 2.05) is 4.90 Å². The summed E-state index contributed by atoms with van der Waals surface area (Å²) < 4.78 is 10.5. The van der Waals surface area contributed by atoms with Crippen LogP contribution in [0.4, 0.5) is 11.4 Å². The number of carbonyl (C=O) groups is 1. The summed E-state index contributed by atoms with van der Waals surface area (Å²) >= 11 is 5.89. The summed E-state index contributed by atoms with van der Waals surface area (Å²) in [4.78, 5) is 27.4. The maximum atomic E-state index is 12.9. The van der Waals surface area contributed by atoms with Crippen LogP contribution in [-0.2, 0) is 0 Å². The first kappa shape index (κ1) is 19.8. The van der Waals surface area contributed by atoms with E-state index < -0.39 is 4.92 Å². The van der Waals surface area contributed by atoms with Crippen LogP contribution in [-0.4, -0.2) is 56.1 Å². The molecule has 0 aromatic heterocycles. The van der Waals surface area contributed by atoms with Crippen molar-refractivity contribution in [2.45, 2.75) is 0 Å². The maximum absolute atomic E-state index is 12.9. The lowest BCUT2D eigenvalue weighted by Gasteiger charge is -2.36. The molecule has 0 bridgehead atoms. The lowest BCUT2D eigenvalue weighted by atomic mass is 10.1. The van der Waals surface area contributed by atoms with Crippen LogP contribution in [0.1, 0.15) is 10.4 Å². The number of hydrogen-bond donors (Lipinski definition) is 0. The van der Waals surface area contributed by atoms with Crippen LogP contribution in [0.2, 0.25) is 5.02 Å². The van der Waals surface area contributed by atoms with Crippen LogP contribution in [0, 0.1) is 10.1 Å². The molecule has 0 radical (unpaired) electrons. The van der Waals surface area contributed by atoms with E-state index in [0.717, 1.165) is 0 Å². The number of nitro benzene ring substituents is 1. The summed E-state index contributed by atoms with van der Waals surface area (Å²) in [5.74, 6) is 0.901. The molecule has 1 saturated heterocycles. The average molecular weight is 406 g/mol. The van der Waals surface area contributed by atoms with Crippen LogP contribution in [0.5, 0.6) is 11.5 Å². The summed E-state index contributed by atoms with van der Waals surface area (Å²) in [6.07, 6.45) is 0. The van der Waals surface area contributed by atoms with Crippen molar-refractivity contribution in [1.82, 2.24) is 4.90 Å². The molecule has 0 unspecified atom stereocenters. The summed E-state index contributed by atoms with van der Waals surface area (Å²) in [5, 5.41) is 11.6. The number of methoxy groups -OCH3 is 2. The normalized spacial score (nSPS) is 14.0. The standard InChI is InChI=1S/C19H20ClN3O5/c1-27-14-4-5-15(18(12-14)28-2)19(24)22-9-7-21(8-10-22)16-6-3-13(20)11-17(16)23(25)26/h3-6,11-12H,7-10H2,1-2H3. The first-order valence-corrected chi connectivity index (χ1v) is 9.02. The quantitative estimate of drug-likeness (QED) is 0.560. The van der Waals surface area contributed by atoms with Crippen molar-refractivity contribution in [1.29, 1.82) is 0 Å². The van der Waals surface area contributed by atoms with Crippen LogP contribution in [0.3, 0.4) is 0 Å². The third-order valence-electron chi connectivity index (χ3n) is 4.68. The van der Waals surface area contributed by atoms with Gasteiger partial charge in [-0.05, 0) is 24.3 Å². The highest BCUT2D eigenvalue weighted by atomic mass is 35.5. The molecule has 0 saturated carbocycles. The minimum absolute atomic E-state index is 0.0379. The van der Waals surface area contributed by atoms with E-state index >= 15 is 0 Å². The smallest absolute Gasteiger partial charge is 0.294 e. The highest BCUT2D eigenvalue weighted by molar-refractivity contribution is 6.30. The Morgan fingerprint density at radius 3 is 2.39 bits per heavy atom. The molecule has 1 aliphatic rings. The number of amides is 1. The zero-order chi connectivity index (χ0) is 20.3. The molecule has 0 N–H and O–H groups in total. The van der Waals surface area contributed by atoms with Gasteiger partial charge in [0.2, 0.25) is 0 Å². The summed E-state index contributed by atoms with van der Waals surface area (Å²) in [7, 11) is 3.05. The Labute approximate surface area is 167 Å². The van der Waals surface area contributed by atoms with Crippen LogP contribution >= 0.6 is 11.6 Å². The summed E-state index contributed by atoms with van der Waals surface area (Å²) in [6, 6.07) is 9.67. The fourth-order valence-corrected chi connectivity index (χ4v) is 3.37. The van der Waals surface area contributed by atoms with Gasteiger partial charge in [0.05, 0.1) is 24.7 Å². The summed E-state index contributed by atoms with van der Waals surface area (Å²) in [5.41, 5.74) is 0.918. The van der Waals surface area contributed by atoms with Gasteiger partial charge in [0.1, 0.15) is 17.2 Å². The number of carbonyl (C=O) groups excluding carboxylic acids is 1. The number of rotatable bonds is 5. The SMILES string of the molecule is COc1ccc(C(=O)N2CCN(c3ccc(Cl)cc3[N+](=O)[O-])CC2)c(OC)c1. The molecule has 1 amide bonds. The van der Waals surface area contributed by atoms with E-state index in [2.05, 4.69) is 0 Å². The van der Waals surface area contributed by atoms with Crippen molar-refractivity contribution < 1.29 is 19.2 Å². The van der Waals surface area contributed by atoms with Gasteiger partial charge in [-0.2, -0.15) is 0 Å². The molecule has 1 fully saturated rings. The molecule has 8 nitrogen and oxygen atoms in total. The van der Waals surface area contributed by atoms with E-state index in [-0.39, 0.29) is 11.6 Å². The van der Waals surface area contributed by atoms with Crippen molar-refractivity contribution in [2.24, 2.45) is 0 Å². The van der Waals surface area contributed by atoms with Crippen molar-refractivity contribution >= 4 is 28.9 Å². The van der Waals surface area contributed by atoms with Gasteiger partial charge in [-0.15, -0.1) is 0 Å². The van der Waals surface area contributed by atoms with Gasteiger partial charge in [-0.1, -0.05) is 11.6 Å². The first-order valence-electron chi connectivity index (χ1n) is 8.64. The van der Waals surface area contributed by atoms with Gasteiger partial charge in [0.25, 0.3) is 11.6 Å². The van der Waals surface area contributed by atoms with Crippen LogP contribution < -0.4 is 14.4 Å². The lowest BCUT2D eigenvalue weighted by molar-refractivity contribution is -0.384. The Bertz CT molecular complexity index is 897. The van der Waals surface area contributed by atoms with E-state index in [4.69, 9.17) is 21.1 Å². The second-order valence-corrected chi connectivity index (χ2v) is 6.67. The topological polar surface area (TPSA) is 85.2 Å². The van der Waals surface area contributed by atoms with Crippen molar-refractivity contribution in [2.75, 3.05) is 45.3 Å². The third kappa shape index (κ3) is 3.96. The number of nitrogens with zero attached hydrogens (tertiary/aromatic N) is 3. The fraction of sp³-hybridized carbons (Fsp3) is 0.316. The van der Waals surface area contributed by atoms with Gasteiger partial charge >= 0.3 is 0 Å². The number of halogens is 1. The van der Waals surface area contributed by atoms with Crippen molar-refractivity contribution in [3.05, 3.63) is 57.1 Å². The van der Waals surface area contributed by atoms with Crippen LogP contribution in [0.25, 0.3) is 0 Å². The Morgan fingerprint density at radius 2 is 1.79 bits per heavy atom. The van der Waals surface area contributed by atoms with E-state index in [1.54, 1.807) is 42.3 Å². The number of ether oxygens (including phenoxy) is 2. The number of anilines is 1. The predicted molar refractivity (Wildman–Crippen MR) is 106 cm³/mol. The molecule has 2 aromatic rings. The molecule has 3 rings (SSSR count). The van der Waals surface area contributed by atoms with Crippen LogP contribution in [0.15, 0.2) is 36.4 Å². The van der Waals surface area contributed by atoms with Crippen molar-refractivity contribution in [3.63, 3.8) is 0 Å². The Morgan fingerprint density at radius 1 is 1.07 bits per heavy atom. The number of benzene rings is 2. The highest BCUT2D eigenvalue weighted by Gasteiger charge is 2.27. The molecule has 148 valence electrons. The average Bonchev–Trinajstić information content (AvgIpc) is 2.72. The number of piperazine rings is 1. The van der Waals surface area contributed by atoms with Gasteiger partial charge in [0.15, 0.2) is 0 Å². The predicted octanol–water partition coefficient (Wildman–Crippen LogP) is 3.23. The second-order valence-electron chi connectivity index (χ2n) is 6.24. The van der Waals surface area contributed by atoms with Gasteiger partial charge < -0.3 is 19.3 Å². The third-order valence-corrected chi connectivity index (χ3v) is 4.92. The highest BCUT2D eigenvalue weighted by Crippen LogP contribution is 2.32. The number of hydrogen-bond acceptors (Lipinski definition) is 6. The molecule has 1 aliphatic heterocycles. The Hall–Kier alpha value is -3.00. The van der Waals surface area contributed by atoms with E-state index in [0.29, 0.717) is 54.0 Å². The molecule has 28 heavy (non-hydrogen) atoms. The number of nitro groups is 1. The molecular formula is C19H20ClN3O5. The van der Waals surface area contributed by atoms with Gasteiger partial charge in [-0.25, -0.2) is 0 Å². The largest absolute Gasteiger partial charge is 0.497 e. The maximum Gasteiger partial charge on any atom is 0.294 e. The zero-order valence-electron chi connectivity index (χ0n) is 15.6. The monoisotopic (exact) mass is 405 g/mol. The van der Waals surface area contributed by atoms with E-state index in [9.17, 15) is 14.9 Å². The molecule has 1 heterocycles. The second kappa shape index (κ2) is 8.35. The zero-order valence-corrected chi connectivity index (χ0v) is 16.3. The molecule has 2 aromatic carbocycles. The minimum Gasteiger partial charge on any atom is -0.497 e. The first-order chi connectivity index (χ1) is 13.4. The fourth-order valence-electron chi connectivity index (χ4n) is 3.21. The Balaban J connectivity index is 1.74. The molecule has 0 atom stereocenters. The van der Waals surface area contributed by atoms with Crippen molar-refractivity contribution in [3.8, 4) is 11.5 Å². The molecule has 9 heteroatoms. The molecular weight excluding hydrogens is 386 g/mol. The van der Waals surface area contributed by atoms with E-state index in [1.165, 1.54) is 13.2 Å². The summed E-state index contributed by atoms with van der Waals surface area (Å²) in [6.45, 7) is 1.83. The van der Waals surface area contributed by atoms with Gasteiger partial charge in [0, 0.05) is 43.3 Å². The lowest BCUT2D eigenvalue weighted by Crippen LogP contribution is -2.49. The Kier molecular flexibility index (Phi) is 5.89. The van der Waals surface area contributed by atoms with Gasteiger partial charge in [-0.3, -0.25) is 14.9 Å². The molecule has 0 aliphatic carbocycles. The molecule has 0 spiro atoms.